The molecule has 1 fully saturated rings. The number of nitrogens with one attached hydrogen (secondary N) is 2. The van der Waals surface area contributed by atoms with Crippen molar-refractivity contribution in [2.24, 2.45) is 0 Å². The number of benzene rings is 1. The highest BCUT2D eigenvalue weighted by Gasteiger charge is 2.27. The number of carbonyl (C=O) groups excluding carboxylic acids is 1. The molecule has 0 saturated carbocycles. The molecule has 4 nitrogen and oxygen atoms in total. The summed E-state index contributed by atoms with van der Waals surface area (Å²) in [5, 5.41) is 6.27. The third-order valence-corrected chi connectivity index (χ3v) is 4.03. The highest BCUT2D eigenvalue weighted by Crippen LogP contribution is 2.13. The molecule has 1 aliphatic rings. The minimum atomic E-state index is -0.340. The number of hydrogen-bond donors (Lipinski definition) is 2. The fourth-order valence-corrected chi connectivity index (χ4v) is 2.75. The molecular weight excluding hydrogens is 269 g/mol. The van der Waals surface area contributed by atoms with Crippen LogP contribution in [0.5, 0.6) is 0 Å². The molecular formula is C16H24FN3O. The van der Waals surface area contributed by atoms with E-state index in [0.717, 1.165) is 25.9 Å². The van der Waals surface area contributed by atoms with E-state index in [1.165, 1.54) is 12.1 Å². The second kappa shape index (κ2) is 7.52. The Balaban J connectivity index is 1.93. The Morgan fingerprint density at radius 2 is 2.24 bits per heavy atom. The van der Waals surface area contributed by atoms with Gasteiger partial charge in [0.05, 0.1) is 6.54 Å². The quantitative estimate of drug-likeness (QED) is 0.875. The molecule has 116 valence electrons. The highest BCUT2D eigenvalue weighted by atomic mass is 19.1. The van der Waals surface area contributed by atoms with Gasteiger partial charge >= 0.3 is 0 Å². The van der Waals surface area contributed by atoms with Gasteiger partial charge in [-0.15, -0.1) is 0 Å². The number of carbonyl (C=O) groups is 1. The van der Waals surface area contributed by atoms with Crippen molar-refractivity contribution >= 4 is 11.6 Å². The molecule has 5 heteroatoms. The lowest BCUT2D eigenvalue weighted by atomic mass is 10.1. The maximum absolute atomic E-state index is 13.1. The molecule has 0 aliphatic carbocycles. The summed E-state index contributed by atoms with van der Waals surface area (Å²) >= 11 is 0. The first-order valence-corrected chi connectivity index (χ1v) is 7.65. The molecule has 2 N–H and O–H groups in total. The minimum Gasteiger partial charge on any atom is -0.325 e. The van der Waals surface area contributed by atoms with Crippen LogP contribution in [0.25, 0.3) is 0 Å². The van der Waals surface area contributed by atoms with Crippen LogP contribution in [0.15, 0.2) is 24.3 Å². The molecule has 2 unspecified atom stereocenters. The predicted octanol–water partition coefficient (Wildman–Crippen LogP) is 2.23. The van der Waals surface area contributed by atoms with Gasteiger partial charge in [-0.1, -0.05) is 19.9 Å². The second-order valence-electron chi connectivity index (χ2n) is 5.56. The number of halogens is 1. The fraction of sp³-hybridized carbons (Fsp3) is 0.562. The Morgan fingerprint density at radius 3 is 2.90 bits per heavy atom. The summed E-state index contributed by atoms with van der Waals surface area (Å²) in [4.78, 5) is 14.4. The summed E-state index contributed by atoms with van der Waals surface area (Å²) in [6.45, 7) is 6.44. The molecule has 1 amide bonds. The molecule has 1 heterocycles. The average molecular weight is 293 g/mol. The first kappa shape index (κ1) is 15.9. The van der Waals surface area contributed by atoms with Crippen LogP contribution in [0.1, 0.15) is 26.7 Å². The Labute approximate surface area is 125 Å². The number of hydrogen-bond acceptors (Lipinski definition) is 3. The van der Waals surface area contributed by atoms with Crippen LogP contribution in [0.4, 0.5) is 10.1 Å². The smallest absolute Gasteiger partial charge is 0.238 e. The van der Waals surface area contributed by atoms with Crippen LogP contribution in [0.2, 0.25) is 0 Å². The standard InChI is InChI=1S/C16H24FN3O/c1-3-13-10-20(15(4-2)9-18-13)11-16(21)19-14-7-5-6-12(17)8-14/h5-8,13,15,18H,3-4,9-11H2,1-2H3,(H,19,21). The predicted molar refractivity (Wildman–Crippen MR) is 82.8 cm³/mol. The Bertz CT molecular complexity index is 480. The van der Waals surface area contributed by atoms with Gasteiger partial charge in [0, 0.05) is 30.9 Å². The second-order valence-corrected chi connectivity index (χ2v) is 5.56. The van der Waals surface area contributed by atoms with Gasteiger partial charge in [0.1, 0.15) is 5.82 Å². The molecule has 1 saturated heterocycles. The van der Waals surface area contributed by atoms with E-state index in [1.54, 1.807) is 12.1 Å². The van der Waals surface area contributed by atoms with Crippen LogP contribution in [0, 0.1) is 5.82 Å². The van der Waals surface area contributed by atoms with Gasteiger partial charge < -0.3 is 10.6 Å². The summed E-state index contributed by atoms with van der Waals surface area (Å²) in [5.74, 6) is -0.428. The summed E-state index contributed by atoms with van der Waals surface area (Å²) < 4.78 is 13.1. The molecule has 0 bridgehead atoms. The van der Waals surface area contributed by atoms with Crippen LogP contribution >= 0.6 is 0 Å². The van der Waals surface area contributed by atoms with E-state index in [1.807, 2.05) is 0 Å². The van der Waals surface area contributed by atoms with E-state index in [4.69, 9.17) is 0 Å². The molecule has 2 atom stereocenters. The Kier molecular flexibility index (Phi) is 5.70. The molecule has 1 aromatic rings. The lowest BCUT2D eigenvalue weighted by Crippen LogP contribution is -2.57. The SMILES string of the molecule is CCC1CN(CC(=O)Nc2cccc(F)c2)C(CC)CN1. The zero-order valence-corrected chi connectivity index (χ0v) is 12.7. The summed E-state index contributed by atoms with van der Waals surface area (Å²) in [7, 11) is 0. The Morgan fingerprint density at radius 1 is 1.43 bits per heavy atom. The third-order valence-electron chi connectivity index (χ3n) is 4.03. The van der Waals surface area contributed by atoms with E-state index >= 15 is 0 Å². The number of piperazine rings is 1. The van der Waals surface area contributed by atoms with Crippen molar-refractivity contribution in [1.82, 2.24) is 10.2 Å². The fourth-order valence-electron chi connectivity index (χ4n) is 2.75. The number of rotatable bonds is 5. The van der Waals surface area contributed by atoms with Crippen LogP contribution in [-0.4, -0.2) is 42.5 Å². The molecule has 21 heavy (non-hydrogen) atoms. The van der Waals surface area contributed by atoms with Crippen molar-refractivity contribution < 1.29 is 9.18 Å². The molecule has 0 radical (unpaired) electrons. The number of amides is 1. The van der Waals surface area contributed by atoms with Crippen molar-refractivity contribution in [2.45, 2.75) is 38.8 Å². The lowest BCUT2D eigenvalue weighted by Gasteiger charge is -2.39. The first-order valence-electron chi connectivity index (χ1n) is 7.65. The van der Waals surface area contributed by atoms with Gasteiger partial charge in [0.2, 0.25) is 5.91 Å². The van der Waals surface area contributed by atoms with Gasteiger partial charge in [-0.2, -0.15) is 0 Å². The maximum Gasteiger partial charge on any atom is 0.238 e. The zero-order valence-electron chi connectivity index (χ0n) is 12.7. The van der Waals surface area contributed by atoms with Crippen molar-refractivity contribution in [3.63, 3.8) is 0 Å². The van der Waals surface area contributed by atoms with Crippen LogP contribution in [0.3, 0.4) is 0 Å². The van der Waals surface area contributed by atoms with E-state index in [0.29, 0.717) is 24.3 Å². The third kappa shape index (κ3) is 4.51. The molecule has 1 aliphatic heterocycles. The van der Waals surface area contributed by atoms with E-state index < -0.39 is 0 Å². The topological polar surface area (TPSA) is 44.4 Å². The molecule has 2 rings (SSSR count). The lowest BCUT2D eigenvalue weighted by molar-refractivity contribution is -0.118. The maximum atomic E-state index is 13.1. The van der Waals surface area contributed by atoms with Gasteiger partial charge in [0.15, 0.2) is 0 Å². The van der Waals surface area contributed by atoms with Crippen molar-refractivity contribution in [3.8, 4) is 0 Å². The van der Waals surface area contributed by atoms with E-state index in [9.17, 15) is 9.18 Å². The normalized spacial score (nSPS) is 23.0. The summed E-state index contributed by atoms with van der Waals surface area (Å²) in [5.41, 5.74) is 0.509. The summed E-state index contributed by atoms with van der Waals surface area (Å²) in [6, 6.07) is 6.82. The van der Waals surface area contributed by atoms with Crippen molar-refractivity contribution in [2.75, 3.05) is 25.0 Å². The van der Waals surface area contributed by atoms with Gasteiger partial charge in [-0.25, -0.2) is 4.39 Å². The largest absolute Gasteiger partial charge is 0.325 e. The Hall–Kier alpha value is -1.46. The minimum absolute atomic E-state index is 0.0872. The monoisotopic (exact) mass is 293 g/mol. The van der Waals surface area contributed by atoms with Gasteiger partial charge in [0.25, 0.3) is 0 Å². The van der Waals surface area contributed by atoms with Gasteiger partial charge in [-0.3, -0.25) is 9.69 Å². The van der Waals surface area contributed by atoms with Crippen molar-refractivity contribution in [1.29, 1.82) is 0 Å². The van der Waals surface area contributed by atoms with Crippen LogP contribution < -0.4 is 10.6 Å². The van der Waals surface area contributed by atoms with E-state index in [2.05, 4.69) is 29.4 Å². The summed E-state index contributed by atoms with van der Waals surface area (Å²) in [6.07, 6.45) is 2.06. The molecule has 1 aromatic carbocycles. The number of anilines is 1. The zero-order chi connectivity index (χ0) is 15.2. The average Bonchev–Trinajstić information content (AvgIpc) is 2.47. The van der Waals surface area contributed by atoms with Gasteiger partial charge in [-0.05, 0) is 31.0 Å². The van der Waals surface area contributed by atoms with Crippen LogP contribution in [-0.2, 0) is 4.79 Å². The number of nitrogens with zero attached hydrogens (tertiary/aromatic N) is 1. The first-order chi connectivity index (χ1) is 10.1. The van der Waals surface area contributed by atoms with Crippen molar-refractivity contribution in [3.05, 3.63) is 30.1 Å². The molecule has 0 aromatic heterocycles. The molecule has 0 spiro atoms. The highest BCUT2D eigenvalue weighted by molar-refractivity contribution is 5.92. The van der Waals surface area contributed by atoms with E-state index in [-0.39, 0.29) is 11.7 Å².